The number of nitrogen functional groups attached to an aromatic ring is 1. The lowest BCUT2D eigenvalue weighted by Gasteiger charge is -2.16. The third-order valence-electron chi connectivity index (χ3n) is 3.12. The molecule has 0 radical (unpaired) electrons. The second-order valence-corrected chi connectivity index (χ2v) is 4.57. The number of benzene rings is 1. The van der Waals surface area contributed by atoms with Gasteiger partial charge < -0.3 is 15.2 Å². The first kappa shape index (κ1) is 13.5. The number of hydrogen-bond acceptors (Lipinski definition) is 4. The highest BCUT2D eigenvalue weighted by atomic mass is 35.5. The van der Waals surface area contributed by atoms with Gasteiger partial charge in [0.25, 0.3) is 0 Å². The predicted octanol–water partition coefficient (Wildman–Crippen LogP) is 2.65. The molecule has 0 spiro atoms. The van der Waals surface area contributed by atoms with Crippen molar-refractivity contribution in [2.24, 2.45) is 7.05 Å². The van der Waals surface area contributed by atoms with Crippen LogP contribution in [0.4, 0.5) is 5.82 Å². The van der Waals surface area contributed by atoms with Crippen molar-refractivity contribution in [1.82, 2.24) is 9.78 Å². The zero-order valence-electron chi connectivity index (χ0n) is 11.3. The van der Waals surface area contributed by atoms with Gasteiger partial charge in [0, 0.05) is 29.3 Å². The van der Waals surface area contributed by atoms with Gasteiger partial charge in [-0.1, -0.05) is 11.6 Å². The van der Waals surface area contributed by atoms with Gasteiger partial charge in [-0.25, -0.2) is 0 Å². The van der Waals surface area contributed by atoms with E-state index in [0.29, 0.717) is 22.3 Å². The standard InChI is InChI=1S/C13H16ClN3O2/c1-7-9(14)5-10(18-3)12(19-4)11(7)8-6-16-17(2)13(8)15/h5-6H,15H2,1-4H3. The number of nitrogens with zero attached hydrogens (tertiary/aromatic N) is 2. The van der Waals surface area contributed by atoms with Crippen LogP contribution in [0, 0.1) is 6.92 Å². The van der Waals surface area contributed by atoms with Gasteiger partial charge in [-0.05, 0) is 12.5 Å². The van der Waals surface area contributed by atoms with E-state index >= 15 is 0 Å². The largest absolute Gasteiger partial charge is 0.493 e. The van der Waals surface area contributed by atoms with Crippen LogP contribution in [0.15, 0.2) is 12.3 Å². The molecule has 0 amide bonds. The van der Waals surface area contributed by atoms with Crippen LogP contribution >= 0.6 is 11.6 Å². The molecule has 1 heterocycles. The number of aromatic nitrogens is 2. The van der Waals surface area contributed by atoms with E-state index in [1.54, 1.807) is 38.2 Å². The summed E-state index contributed by atoms with van der Waals surface area (Å²) in [7, 11) is 4.93. The summed E-state index contributed by atoms with van der Waals surface area (Å²) in [4.78, 5) is 0. The van der Waals surface area contributed by atoms with E-state index in [0.717, 1.165) is 16.7 Å². The van der Waals surface area contributed by atoms with Crippen LogP contribution in [0.1, 0.15) is 5.56 Å². The molecule has 2 aromatic rings. The van der Waals surface area contributed by atoms with Gasteiger partial charge in [0.1, 0.15) is 5.82 Å². The molecule has 2 N–H and O–H groups in total. The van der Waals surface area contributed by atoms with Crippen LogP contribution in [-0.2, 0) is 7.05 Å². The van der Waals surface area contributed by atoms with Gasteiger partial charge in [0.2, 0.25) is 0 Å². The highest BCUT2D eigenvalue weighted by Crippen LogP contribution is 2.45. The molecule has 19 heavy (non-hydrogen) atoms. The molecule has 102 valence electrons. The Bertz CT molecular complexity index is 623. The van der Waals surface area contributed by atoms with E-state index in [4.69, 9.17) is 26.8 Å². The van der Waals surface area contributed by atoms with Crippen molar-refractivity contribution in [3.05, 3.63) is 22.8 Å². The summed E-state index contributed by atoms with van der Waals surface area (Å²) in [5.41, 5.74) is 8.48. The first-order valence-corrected chi connectivity index (χ1v) is 6.08. The quantitative estimate of drug-likeness (QED) is 0.939. The molecule has 1 aromatic carbocycles. The van der Waals surface area contributed by atoms with Crippen molar-refractivity contribution in [1.29, 1.82) is 0 Å². The molecule has 0 aliphatic rings. The second-order valence-electron chi connectivity index (χ2n) is 4.16. The summed E-state index contributed by atoms with van der Waals surface area (Å²) in [6.45, 7) is 1.91. The second kappa shape index (κ2) is 5.01. The Labute approximate surface area is 116 Å². The van der Waals surface area contributed by atoms with Gasteiger partial charge in [0.05, 0.1) is 20.4 Å². The molecule has 2 rings (SSSR count). The average Bonchev–Trinajstić information content (AvgIpc) is 2.72. The number of nitrogens with two attached hydrogens (primary N) is 1. The maximum atomic E-state index is 6.23. The Kier molecular flexibility index (Phi) is 3.57. The molecule has 6 heteroatoms. The molecule has 0 bridgehead atoms. The van der Waals surface area contributed by atoms with Gasteiger partial charge >= 0.3 is 0 Å². The maximum Gasteiger partial charge on any atom is 0.169 e. The highest BCUT2D eigenvalue weighted by molar-refractivity contribution is 6.32. The van der Waals surface area contributed by atoms with Crippen molar-refractivity contribution in [2.45, 2.75) is 6.92 Å². The van der Waals surface area contributed by atoms with E-state index in [1.165, 1.54) is 0 Å². The summed E-state index contributed by atoms with van der Waals surface area (Å²) in [5.74, 6) is 1.71. The molecule has 0 unspecified atom stereocenters. The molecule has 5 nitrogen and oxygen atoms in total. The highest BCUT2D eigenvalue weighted by Gasteiger charge is 2.21. The van der Waals surface area contributed by atoms with E-state index < -0.39 is 0 Å². The van der Waals surface area contributed by atoms with Crippen molar-refractivity contribution < 1.29 is 9.47 Å². The van der Waals surface area contributed by atoms with E-state index in [9.17, 15) is 0 Å². The molecular formula is C13H16ClN3O2. The Morgan fingerprint density at radius 2 is 2.00 bits per heavy atom. The minimum atomic E-state index is 0.547. The minimum Gasteiger partial charge on any atom is -0.493 e. The lowest BCUT2D eigenvalue weighted by atomic mass is 10.0. The van der Waals surface area contributed by atoms with Crippen molar-refractivity contribution in [3.8, 4) is 22.6 Å². The number of halogens is 1. The zero-order chi connectivity index (χ0) is 14.2. The van der Waals surface area contributed by atoms with Crippen molar-refractivity contribution in [3.63, 3.8) is 0 Å². The van der Waals surface area contributed by atoms with Crippen LogP contribution in [0.2, 0.25) is 5.02 Å². The zero-order valence-corrected chi connectivity index (χ0v) is 12.1. The lowest BCUT2D eigenvalue weighted by Crippen LogP contribution is -2.00. The molecule has 1 aromatic heterocycles. The SMILES string of the molecule is COc1cc(Cl)c(C)c(-c2cnn(C)c2N)c1OC. The molecule has 0 aliphatic carbocycles. The summed E-state index contributed by atoms with van der Waals surface area (Å²) in [6, 6.07) is 1.73. The summed E-state index contributed by atoms with van der Waals surface area (Å²) in [6.07, 6.45) is 1.69. The van der Waals surface area contributed by atoms with Gasteiger partial charge in [0.15, 0.2) is 11.5 Å². The third-order valence-corrected chi connectivity index (χ3v) is 3.51. The Hall–Kier alpha value is -1.88. The molecule has 0 fully saturated rings. The predicted molar refractivity (Wildman–Crippen MR) is 75.9 cm³/mol. The minimum absolute atomic E-state index is 0.547. The van der Waals surface area contributed by atoms with Crippen LogP contribution in [0.25, 0.3) is 11.1 Å². The Morgan fingerprint density at radius 3 is 2.47 bits per heavy atom. The number of aryl methyl sites for hydroxylation is 1. The molecule has 0 atom stereocenters. The fraction of sp³-hybridized carbons (Fsp3) is 0.308. The third kappa shape index (κ3) is 2.10. The molecular weight excluding hydrogens is 266 g/mol. The van der Waals surface area contributed by atoms with Crippen molar-refractivity contribution in [2.75, 3.05) is 20.0 Å². The van der Waals surface area contributed by atoms with Crippen molar-refractivity contribution >= 4 is 17.4 Å². The lowest BCUT2D eigenvalue weighted by molar-refractivity contribution is 0.356. The van der Waals surface area contributed by atoms with Crippen LogP contribution in [0.5, 0.6) is 11.5 Å². The van der Waals surface area contributed by atoms with Crippen LogP contribution in [-0.4, -0.2) is 24.0 Å². The first-order chi connectivity index (χ1) is 9.01. The summed E-state index contributed by atoms with van der Waals surface area (Å²) >= 11 is 6.23. The fourth-order valence-electron chi connectivity index (χ4n) is 2.02. The Balaban J connectivity index is 2.81. The number of anilines is 1. The number of rotatable bonds is 3. The van der Waals surface area contributed by atoms with E-state index in [2.05, 4.69) is 5.10 Å². The molecule has 0 saturated carbocycles. The number of ether oxygens (including phenoxy) is 2. The number of methoxy groups -OCH3 is 2. The maximum absolute atomic E-state index is 6.23. The van der Waals surface area contributed by atoms with Gasteiger partial charge in [-0.15, -0.1) is 0 Å². The summed E-state index contributed by atoms with van der Waals surface area (Å²) < 4.78 is 12.3. The Morgan fingerprint density at radius 1 is 1.32 bits per heavy atom. The van der Waals surface area contributed by atoms with E-state index in [-0.39, 0.29) is 0 Å². The topological polar surface area (TPSA) is 62.3 Å². The fourth-order valence-corrected chi connectivity index (χ4v) is 2.21. The van der Waals surface area contributed by atoms with Gasteiger partial charge in [-0.2, -0.15) is 5.10 Å². The summed E-state index contributed by atoms with van der Waals surface area (Å²) in [5, 5.41) is 4.74. The molecule has 0 saturated heterocycles. The van der Waals surface area contributed by atoms with Crippen LogP contribution in [0.3, 0.4) is 0 Å². The monoisotopic (exact) mass is 281 g/mol. The normalized spacial score (nSPS) is 10.6. The van der Waals surface area contributed by atoms with E-state index in [1.807, 2.05) is 6.92 Å². The first-order valence-electron chi connectivity index (χ1n) is 5.70. The average molecular weight is 282 g/mol. The van der Waals surface area contributed by atoms with Gasteiger partial charge in [-0.3, -0.25) is 4.68 Å². The number of hydrogen-bond donors (Lipinski definition) is 1. The van der Waals surface area contributed by atoms with Crippen LogP contribution < -0.4 is 15.2 Å². The smallest absolute Gasteiger partial charge is 0.169 e. The molecule has 0 aliphatic heterocycles.